The molecular formula is C20H32NO2-. The number of carbonyl (C=O) groups is 1. The average molecular weight is 318 g/mol. The summed E-state index contributed by atoms with van der Waals surface area (Å²) in [5.41, 5.74) is 0.229. The van der Waals surface area contributed by atoms with Crippen molar-refractivity contribution in [2.75, 3.05) is 7.05 Å². The lowest BCUT2D eigenvalue weighted by Crippen LogP contribution is -2.62. The Morgan fingerprint density at radius 2 is 1.83 bits per heavy atom. The van der Waals surface area contributed by atoms with Gasteiger partial charge in [-0.1, -0.05) is 26.7 Å². The van der Waals surface area contributed by atoms with Crippen molar-refractivity contribution in [3.05, 3.63) is 5.32 Å². The molecule has 0 aromatic carbocycles. The first-order valence-electron chi connectivity index (χ1n) is 9.67. The third-order valence-electron chi connectivity index (χ3n) is 9.00. The summed E-state index contributed by atoms with van der Waals surface area (Å²) in [7, 11) is 1.95. The third-order valence-corrected chi connectivity index (χ3v) is 9.00. The molecule has 0 heterocycles. The number of Topliss-reactive ketones (excluding diaryl/α,β-unsaturated/α-hetero) is 1. The number of hydrogen-bond donors (Lipinski definition) is 1. The molecule has 0 radical (unpaired) electrons. The molecule has 0 saturated heterocycles. The second-order valence-electron chi connectivity index (χ2n) is 9.44. The second kappa shape index (κ2) is 5.05. The highest BCUT2D eigenvalue weighted by molar-refractivity contribution is 5.81. The van der Waals surface area contributed by atoms with Crippen molar-refractivity contribution >= 4 is 5.78 Å². The molecule has 1 N–H and O–H groups in total. The van der Waals surface area contributed by atoms with E-state index in [4.69, 9.17) is 5.32 Å². The van der Waals surface area contributed by atoms with E-state index in [2.05, 4.69) is 13.8 Å². The number of aliphatic hydroxyl groups excluding tert-OH is 1. The Morgan fingerprint density at radius 3 is 2.57 bits per heavy atom. The summed E-state index contributed by atoms with van der Waals surface area (Å²) in [5.74, 6) is 2.53. The molecular weight excluding hydrogens is 286 g/mol. The Hall–Kier alpha value is -0.410. The van der Waals surface area contributed by atoms with Crippen molar-refractivity contribution in [3.8, 4) is 0 Å². The zero-order valence-electron chi connectivity index (χ0n) is 15.0. The molecule has 0 spiro atoms. The van der Waals surface area contributed by atoms with Crippen LogP contribution in [0.25, 0.3) is 5.32 Å². The van der Waals surface area contributed by atoms with Crippen LogP contribution >= 0.6 is 0 Å². The van der Waals surface area contributed by atoms with Gasteiger partial charge < -0.3 is 10.4 Å². The van der Waals surface area contributed by atoms with E-state index in [1.165, 1.54) is 19.3 Å². The van der Waals surface area contributed by atoms with E-state index >= 15 is 0 Å². The summed E-state index contributed by atoms with van der Waals surface area (Å²) in [4.78, 5) is 12.2. The van der Waals surface area contributed by atoms with Crippen molar-refractivity contribution in [2.45, 2.75) is 83.3 Å². The molecule has 7 atom stereocenters. The van der Waals surface area contributed by atoms with Crippen LogP contribution in [0.4, 0.5) is 0 Å². The minimum Gasteiger partial charge on any atom is -0.659 e. The molecule has 7 unspecified atom stereocenters. The number of aliphatic hydroxyl groups is 1. The Morgan fingerprint density at radius 1 is 1.04 bits per heavy atom. The van der Waals surface area contributed by atoms with E-state index in [-0.39, 0.29) is 22.5 Å². The van der Waals surface area contributed by atoms with Crippen LogP contribution in [0.3, 0.4) is 0 Å². The topological polar surface area (TPSA) is 51.4 Å². The van der Waals surface area contributed by atoms with Crippen LogP contribution in [0.5, 0.6) is 0 Å². The van der Waals surface area contributed by atoms with Crippen LogP contribution in [0.2, 0.25) is 0 Å². The van der Waals surface area contributed by atoms with Crippen LogP contribution in [0, 0.1) is 28.6 Å². The fraction of sp³-hybridized carbons (Fsp3) is 0.950. The van der Waals surface area contributed by atoms with Crippen LogP contribution in [0.1, 0.15) is 71.6 Å². The predicted octanol–water partition coefficient (Wildman–Crippen LogP) is 4.09. The molecule has 4 aliphatic rings. The van der Waals surface area contributed by atoms with Gasteiger partial charge in [-0.2, -0.15) is 7.05 Å². The first-order valence-corrected chi connectivity index (χ1v) is 9.67. The smallest absolute Gasteiger partial charge is 0.131 e. The molecule has 4 aliphatic carbocycles. The Kier molecular flexibility index (Phi) is 3.53. The van der Waals surface area contributed by atoms with E-state index in [9.17, 15) is 9.90 Å². The normalized spacial score (nSPS) is 55.9. The van der Waals surface area contributed by atoms with Gasteiger partial charge in [0, 0.05) is 6.42 Å². The maximum absolute atomic E-state index is 12.2. The molecule has 4 fully saturated rings. The Bertz CT molecular complexity index is 520. The van der Waals surface area contributed by atoms with E-state index in [1.54, 1.807) is 0 Å². The minimum absolute atomic E-state index is 0.100. The molecule has 0 bridgehead atoms. The molecule has 23 heavy (non-hydrogen) atoms. The highest BCUT2D eigenvalue weighted by atomic mass is 16.3. The van der Waals surface area contributed by atoms with Gasteiger partial charge in [0.15, 0.2) is 0 Å². The van der Waals surface area contributed by atoms with Gasteiger partial charge in [0.2, 0.25) is 0 Å². The summed E-state index contributed by atoms with van der Waals surface area (Å²) in [6.07, 6.45) is 9.20. The maximum atomic E-state index is 12.2. The van der Waals surface area contributed by atoms with Gasteiger partial charge in [0.05, 0.1) is 6.10 Å². The fourth-order valence-electron chi connectivity index (χ4n) is 7.46. The van der Waals surface area contributed by atoms with E-state index in [0.29, 0.717) is 24.0 Å². The SMILES string of the molecule is C[N-]C12CCC3C4CCC(O)C4(C)CCC3C1(C)CCC(=O)C2. The van der Waals surface area contributed by atoms with Crippen LogP contribution in [-0.2, 0) is 4.79 Å². The van der Waals surface area contributed by atoms with Gasteiger partial charge in [0.1, 0.15) is 5.78 Å². The lowest BCUT2D eigenvalue weighted by Gasteiger charge is -2.70. The molecule has 3 heteroatoms. The van der Waals surface area contributed by atoms with Crippen molar-refractivity contribution < 1.29 is 9.90 Å². The van der Waals surface area contributed by atoms with Gasteiger partial charge in [-0.05, 0) is 67.1 Å². The monoisotopic (exact) mass is 318 g/mol. The number of carbonyl (C=O) groups excluding carboxylic acids is 1. The van der Waals surface area contributed by atoms with Crippen LogP contribution < -0.4 is 0 Å². The van der Waals surface area contributed by atoms with Gasteiger partial charge in [-0.3, -0.25) is 4.79 Å². The summed E-state index contributed by atoms with van der Waals surface area (Å²) in [6, 6.07) is 0. The number of nitrogens with zero attached hydrogens (tertiary/aromatic N) is 1. The number of hydrogen-bond acceptors (Lipinski definition) is 2. The molecule has 0 aromatic rings. The molecule has 0 aromatic heterocycles. The predicted molar refractivity (Wildman–Crippen MR) is 91.3 cm³/mol. The van der Waals surface area contributed by atoms with Crippen molar-refractivity contribution in [1.29, 1.82) is 0 Å². The molecule has 0 amide bonds. The highest BCUT2D eigenvalue weighted by Gasteiger charge is 2.61. The Labute approximate surface area is 140 Å². The van der Waals surface area contributed by atoms with E-state index in [0.717, 1.165) is 38.0 Å². The first kappa shape index (κ1) is 16.1. The zero-order chi connectivity index (χ0) is 16.5. The summed E-state index contributed by atoms with van der Waals surface area (Å²) >= 11 is 0. The maximum Gasteiger partial charge on any atom is 0.131 e. The first-order chi connectivity index (χ1) is 10.9. The number of ketones is 1. The van der Waals surface area contributed by atoms with Crippen molar-refractivity contribution in [2.24, 2.45) is 28.6 Å². The lowest BCUT2D eigenvalue weighted by atomic mass is 9.42. The zero-order valence-corrected chi connectivity index (χ0v) is 15.0. The second-order valence-corrected chi connectivity index (χ2v) is 9.44. The summed E-state index contributed by atoms with van der Waals surface area (Å²) < 4.78 is 0. The molecule has 4 saturated carbocycles. The largest absolute Gasteiger partial charge is 0.659 e. The van der Waals surface area contributed by atoms with E-state index in [1.807, 2.05) is 7.05 Å². The molecule has 130 valence electrons. The van der Waals surface area contributed by atoms with E-state index < -0.39 is 0 Å². The van der Waals surface area contributed by atoms with Crippen molar-refractivity contribution in [3.63, 3.8) is 0 Å². The fourth-order valence-corrected chi connectivity index (χ4v) is 7.46. The molecule has 4 rings (SSSR count). The van der Waals surface area contributed by atoms with Crippen LogP contribution in [-0.4, -0.2) is 29.6 Å². The Balaban J connectivity index is 1.69. The molecule has 3 nitrogen and oxygen atoms in total. The summed E-state index contributed by atoms with van der Waals surface area (Å²) in [5, 5.41) is 15.4. The third kappa shape index (κ3) is 1.93. The van der Waals surface area contributed by atoms with Gasteiger partial charge in [-0.15, -0.1) is 5.54 Å². The minimum atomic E-state index is -0.103. The van der Waals surface area contributed by atoms with Gasteiger partial charge in [-0.25, -0.2) is 0 Å². The standard InChI is InChI=1S/C20H32NO2/c1-18-9-8-16-14(15(18)4-5-17(18)23)7-11-20(21-3)12-13(22)6-10-19(16,20)2/h14-17,23H,4-12H2,1-3H3/q-1. The molecule has 0 aliphatic heterocycles. The van der Waals surface area contributed by atoms with Gasteiger partial charge >= 0.3 is 0 Å². The summed E-state index contributed by atoms with van der Waals surface area (Å²) in [6.45, 7) is 4.78. The van der Waals surface area contributed by atoms with Gasteiger partial charge in [0.25, 0.3) is 0 Å². The average Bonchev–Trinajstić information content (AvgIpc) is 2.84. The highest BCUT2D eigenvalue weighted by Crippen LogP contribution is 2.68. The number of rotatable bonds is 1. The number of fused-ring (bicyclic) bond motifs is 5. The van der Waals surface area contributed by atoms with Crippen molar-refractivity contribution in [1.82, 2.24) is 0 Å². The van der Waals surface area contributed by atoms with Crippen LogP contribution in [0.15, 0.2) is 0 Å². The quantitative estimate of drug-likeness (QED) is 0.792. The lowest BCUT2D eigenvalue weighted by molar-refractivity contribution is -0.142.